The monoisotopic (exact) mass is 307 g/mol. The summed E-state index contributed by atoms with van der Waals surface area (Å²) in [7, 11) is 1.65. The minimum absolute atomic E-state index is 0.0502. The van der Waals surface area contributed by atoms with Crippen molar-refractivity contribution in [3.63, 3.8) is 0 Å². The minimum atomic E-state index is -0.551. The van der Waals surface area contributed by atoms with E-state index in [2.05, 4.69) is 0 Å². The summed E-state index contributed by atoms with van der Waals surface area (Å²) in [4.78, 5) is 10.5. The molecule has 0 aromatic heterocycles. The fourth-order valence-electron chi connectivity index (χ4n) is 1.83. The molecule has 0 saturated heterocycles. The summed E-state index contributed by atoms with van der Waals surface area (Å²) in [5.74, 6) is 0.638. The molecule has 0 fully saturated rings. The summed E-state index contributed by atoms with van der Waals surface area (Å²) in [6, 6.07) is 11.9. The molecule has 0 bridgehead atoms. The van der Waals surface area contributed by atoms with E-state index in [1.807, 2.05) is 12.1 Å². The van der Waals surface area contributed by atoms with Crippen molar-refractivity contribution >= 4 is 17.3 Å². The molecule has 6 heteroatoms. The van der Waals surface area contributed by atoms with Crippen LogP contribution in [0.15, 0.2) is 42.5 Å². The van der Waals surface area contributed by atoms with Gasteiger partial charge < -0.3 is 9.47 Å². The number of nitro groups is 1. The number of para-hydroxylation sites is 1. The van der Waals surface area contributed by atoms with Gasteiger partial charge in [0.05, 0.1) is 11.5 Å². The lowest BCUT2D eigenvalue weighted by Crippen LogP contribution is -1.96. The molecule has 0 aliphatic carbocycles. The van der Waals surface area contributed by atoms with E-state index in [0.717, 1.165) is 12.0 Å². The second kappa shape index (κ2) is 7.06. The molecule has 2 aromatic carbocycles. The maximum atomic E-state index is 11.0. The molecule has 0 heterocycles. The SMILES string of the molecule is COCCc1ccc(Oc2cccc(Cl)c2[N+](=O)[O-])cc1. The highest BCUT2D eigenvalue weighted by Gasteiger charge is 2.20. The van der Waals surface area contributed by atoms with Crippen molar-refractivity contribution in [2.45, 2.75) is 6.42 Å². The molecular formula is C15H14ClNO4. The quantitative estimate of drug-likeness (QED) is 0.592. The topological polar surface area (TPSA) is 61.6 Å². The molecule has 0 amide bonds. The van der Waals surface area contributed by atoms with Crippen LogP contribution in [0.4, 0.5) is 5.69 Å². The van der Waals surface area contributed by atoms with Gasteiger partial charge in [0.2, 0.25) is 5.75 Å². The fraction of sp³-hybridized carbons (Fsp3) is 0.200. The Kier molecular flexibility index (Phi) is 5.14. The third kappa shape index (κ3) is 3.93. The zero-order valence-corrected chi connectivity index (χ0v) is 12.2. The van der Waals surface area contributed by atoms with Gasteiger partial charge in [-0.3, -0.25) is 10.1 Å². The lowest BCUT2D eigenvalue weighted by atomic mass is 10.1. The minimum Gasteiger partial charge on any atom is -0.450 e. The van der Waals surface area contributed by atoms with Crippen molar-refractivity contribution in [2.75, 3.05) is 13.7 Å². The zero-order valence-electron chi connectivity index (χ0n) is 11.4. The van der Waals surface area contributed by atoms with Crippen LogP contribution in [0.1, 0.15) is 5.56 Å². The Morgan fingerprint density at radius 3 is 2.52 bits per heavy atom. The lowest BCUT2D eigenvalue weighted by molar-refractivity contribution is -0.385. The summed E-state index contributed by atoms with van der Waals surface area (Å²) >= 11 is 5.84. The van der Waals surface area contributed by atoms with Crippen LogP contribution in [0.5, 0.6) is 11.5 Å². The largest absolute Gasteiger partial charge is 0.450 e. The Morgan fingerprint density at radius 2 is 1.90 bits per heavy atom. The van der Waals surface area contributed by atoms with Gasteiger partial charge in [0.15, 0.2) is 0 Å². The first-order valence-electron chi connectivity index (χ1n) is 6.30. The molecule has 0 spiro atoms. The molecule has 2 rings (SSSR count). The van der Waals surface area contributed by atoms with E-state index in [1.165, 1.54) is 12.1 Å². The van der Waals surface area contributed by atoms with Crippen molar-refractivity contribution in [1.82, 2.24) is 0 Å². The van der Waals surface area contributed by atoms with Crippen molar-refractivity contribution in [1.29, 1.82) is 0 Å². The number of hydrogen-bond acceptors (Lipinski definition) is 4. The molecule has 2 aromatic rings. The first-order chi connectivity index (χ1) is 10.1. The van der Waals surface area contributed by atoms with Gasteiger partial charge in [-0.25, -0.2) is 0 Å². The number of nitro benzene ring substituents is 1. The number of halogens is 1. The van der Waals surface area contributed by atoms with E-state index in [9.17, 15) is 10.1 Å². The van der Waals surface area contributed by atoms with Crippen LogP contribution >= 0.6 is 11.6 Å². The number of nitrogens with zero attached hydrogens (tertiary/aromatic N) is 1. The van der Waals surface area contributed by atoms with Gasteiger partial charge in [0.25, 0.3) is 0 Å². The Labute approximate surface area is 127 Å². The molecule has 5 nitrogen and oxygen atoms in total. The Morgan fingerprint density at radius 1 is 1.19 bits per heavy atom. The van der Waals surface area contributed by atoms with Crippen molar-refractivity contribution in [3.05, 3.63) is 63.2 Å². The number of rotatable bonds is 6. The number of benzene rings is 2. The van der Waals surface area contributed by atoms with Crippen molar-refractivity contribution in [3.8, 4) is 11.5 Å². The van der Waals surface area contributed by atoms with Crippen LogP contribution in [-0.4, -0.2) is 18.6 Å². The molecule has 0 atom stereocenters. The van der Waals surface area contributed by atoms with Gasteiger partial charge in [-0.15, -0.1) is 0 Å². The van der Waals surface area contributed by atoms with Gasteiger partial charge in [-0.1, -0.05) is 29.8 Å². The summed E-state index contributed by atoms with van der Waals surface area (Å²) < 4.78 is 10.6. The van der Waals surface area contributed by atoms with Crippen LogP contribution in [0.2, 0.25) is 5.02 Å². The van der Waals surface area contributed by atoms with Crippen molar-refractivity contribution in [2.24, 2.45) is 0 Å². The highest BCUT2D eigenvalue weighted by molar-refractivity contribution is 6.32. The van der Waals surface area contributed by atoms with Crippen LogP contribution < -0.4 is 4.74 Å². The Hall–Kier alpha value is -2.11. The third-order valence-corrected chi connectivity index (χ3v) is 3.18. The zero-order chi connectivity index (χ0) is 15.2. The van der Waals surface area contributed by atoms with Crippen LogP contribution in [0, 0.1) is 10.1 Å². The van der Waals surface area contributed by atoms with Gasteiger partial charge in [-0.2, -0.15) is 0 Å². The molecule has 0 unspecified atom stereocenters. The number of methoxy groups -OCH3 is 1. The Balaban J connectivity index is 2.19. The third-order valence-electron chi connectivity index (χ3n) is 2.88. The molecule has 0 aliphatic heterocycles. The maximum Gasteiger partial charge on any atom is 0.329 e. The van der Waals surface area contributed by atoms with E-state index >= 15 is 0 Å². The van der Waals surface area contributed by atoms with Gasteiger partial charge in [0.1, 0.15) is 10.8 Å². The van der Waals surface area contributed by atoms with E-state index in [4.69, 9.17) is 21.1 Å². The van der Waals surface area contributed by atoms with E-state index in [0.29, 0.717) is 12.4 Å². The molecule has 21 heavy (non-hydrogen) atoms. The van der Waals surface area contributed by atoms with Crippen LogP contribution in [0.25, 0.3) is 0 Å². The van der Waals surface area contributed by atoms with Gasteiger partial charge >= 0.3 is 5.69 Å². The average molecular weight is 308 g/mol. The average Bonchev–Trinajstić information content (AvgIpc) is 2.46. The smallest absolute Gasteiger partial charge is 0.329 e. The summed E-state index contributed by atoms with van der Waals surface area (Å²) in [5, 5.41) is 11.1. The summed E-state index contributed by atoms with van der Waals surface area (Å²) in [6.07, 6.45) is 0.800. The predicted molar refractivity (Wildman–Crippen MR) is 80.2 cm³/mol. The number of hydrogen-bond donors (Lipinski definition) is 0. The molecular weight excluding hydrogens is 294 g/mol. The van der Waals surface area contributed by atoms with Gasteiger partial charge in [-0.05, 0) is 36.2 Å². The predicted octanol–water partition coefficient (Wildman–Crippen LogP) is 4.23. The maximum absolute atomic E-state index is 11.0. The first kappa shape index (κ1) is 15.3. The summed E-state index contributed by atoms with van der Waals surface area (Å²) in [5.41, 5.74) is 0.868. The second-order valence-corrected chi connectivity index (χ2v) is 4.74. The van der Waals surface area contributed by atoms with Crippen molar-refractivity contribution < 1.29 is 14.4 Å². The fourth-order valence-corrected chi connectivity index (χ4v) is 2.06. The van der Waals surface area contributed by atoms with E-state index < -0.39 is 4.92 Å². The molecule has 110 valence electrons. The second-order valence-electron chi connectivity index (χ2n) is 4.33. The highest BCUT2D eigenvalue weighted by Crippen LogP contribution is 2.36. The molecule has 0 N–H and O–H groups in total. The van der Waals surface area contributed by atoms with Crippen LogP contribution in [0.3, 0.4) is 0 Å². The van der Waals surface area contributed by atoms with Gasteiger partial charge in [0, 0.05) is 7.11 Å². The first-order valence-corrected chi connectivity index (χ1v) is 6.68. The normalized spacial score (nSPS) is 10.4. The molecule has 0 aliphatic rings. The van der Waals surface area contributed by atoms with E-state index in [1.54, 1.807) is 25.3 Å². The number of ether oxygens (including phenoxy) is 2. The van der Waals surface area contributed by atoms with Crippen LogP contribution in [-0.2, 0) is 11.2 Å². The molecule has 0 saturated carbocycles. The highest BCUT2D eigenvalue weighted by atomic mass is 35.5. The molecule has 0 radical (unpaired) electrons. The summed E-state index contributed by atoms with van der Waals surface area (Å²) in [6.45, 7) is 0.639. The lowest BCUT2D eigenvalue weighted by Gasteiger charge is -2.08. The Bertz CT molecular complexity index is 628. The van der Waals surface area contributed by atoms with E-state index in [-0.39, 0.29) is 16.5 Å². The standard InChI is InChI=1S/C15H14ClNO4/c1-20-10-9-11-5-7-12(8-6-11)21-14-4-2-3-13(16)15(14)17(18)19/h2-8H,9-10H2,1H3.